The molecule has 2 aliphatic rings. The third kappa shape index (κ3) is 3.04. The van der Waals surface area contributed by atoms with E-state index in [0.29, 0.717) is 19.1 Å². The molecule has 0 spiro atoms. The zero-order valence-electron chi connectivity index (χ0n) is 11.7. The van der Waals surface area contributed by atoms with Crippen molar-refractivity contribution in [3.8, 4) is 0 Å². The monoisotopic (exact) mass is 254 g/mol. The van der Waals surface area contributed by atoms with E-state index in [2.05, 4.69) is 24.1 Å². The minimum atomic E-state index is 0.0307. The Kier molecular flexibility index (Phi) is 5.01. The maximum atomic E-state index is 12.5. The Morgan fingerprint density at radius 2 is 2.00 bits per heavy atom. The standard InChI is InChI=1S/C14H26N2O2/c1-3-11-5-7-16(8-6-11)14(17)12-9-18-10-13(12)15-4-2/h11-13,15H,3-10H2,1-2H3. The van der Waals surface area contributed by atoms with Crippen LogP contribution < -0.4 is 5.32 Å². The number of amides is 1. The summed E-state index contributed by atoms with van der Waals surface area (Å²) in [6.07, 6.45) is 3.58. The number of hydrogen-bond donors (Lipinski definition) is 1. The van der Waals surface area contributed by atoms with Crippen LogP contribution in [-0.4, -0.2) is 49.7 Å². The summed E-state index contributed by atoms with van der Waals surface area (Å²) in [7, 11) is 0. The fourth-order valence-electron chi connectivity index (χ4n) is 3.06. The second-order valence-corrected chi connectivity index (χ2v) is 5.49. The molecular formula is C14H26N2O2. The highest BCUT2D eigenvalue weighted by Gasteiger charge is 2.36. The summed E-state index contributed by atoms with van der Waals surface area (Å²) in [4.78, 5) is 14.5. The predicted molar refractivity (Wildman–Crippen MR) is 71.4 cm³/mol. The van der Waals surface area contributed by atoms with Crippen LogP contribution in [0, 0.1) is 11.8 Å². The molecule has 2 saturated heterocycles. The summed E-state index contributed by atoms with van der Waals surface area (Å²) in [5.41, 5.74) is 0. The quantitative estimate of drug-likeness (QED) is 0.821. The van der Waals surface area contributed by atoms with E-state index in [1.54, 1.807) is 0 Å². The predicted octanol–water partition coefficient (Wildman–Crippen LogP) is 1.26. The molecule has 0 aromatic carbocycles. The Morgan fingerprint density at radius 3 is 2.61 bits per heavy atom. The first kappa shape index (κ1) is 13.8. The number of carbonyl (C=O) groups is 1. The molecule has 2 rings (SSSR count). The SMILES string of the molecule is CCNC1COCC1C(=O)N1CCC(CC)CC1. The molecular weight excluding hydrogens is 228 g/mol. The van der Waals surface area contributed by atoms with Gasteiger partial charge in [-0.1, -0.05) is 20.3 Å². The number of nitrogens with zero attached hydrogens (tertiary/aromatic N) is 1. The number of ether oxygens (including phenoxy) is 1. The number of hydrogen-bond acceptors (Lipinski definition) is 3. The van der Waals surface area contributed by atoms with Gasteiger partial charge in [-0.05, 0) is 25.3 Å². The maximum Gasteiger partial charge on any atom is 0.229 e. The molecule has 0 aromatic heterocycles. The van der Waals surface area contributed by atoms with E-state index in [1.165, 1.54) is 19.3 Å². The van der Waals surface area contributed by atoms with E-state index < -0.39 is 0 Å². The molecule has 2 atom stereocenters. The smallest absolute Gasteiger partial charge is 0.229 e. The van der Waals surface area contributed by atoms with Gasteiger partial charge in [0.15, 0.2) is 0 Å². The van der Waals surface area contributed by atoms with Gasteiger partial charge in [-0.25, -0.2) is 0 Å². The zero-order chi connectivity index (χ0) is 13.0. The fraction of sp³-hybridized carbons (Fsp3) is 0.929. The van der Waals surface area contributed by atoms with E-state index in [4.69, 9.17) is 4.74 Å². The summed E-state index contributed by atoms with van der Waals surface area (Å²) in [5, 5.41) is 3.36. The summed E-state index contributed by atoms with van der Waals surface area (Å²) < 4.78 is 5.47. The van der Waals surface area contributed by atoms with Crippen LogP contribution in [0.1, 0.15) is 33.1 Å². The third-order valence-electron chi connectivity index (χ3n) is 4.37. The van der Waals surface area contributed by atoms with Gasteiger partial charge in [-0.2, -0.15) is 0 Å². The van der Waals surface area contributed by atoms with Crippen LogP contribution in [0.25, 0.3) is 0 Å². The van der Waals surface area contributed by atoms with Crippen molar-refractivity contribution in [2.45, 2.75) is 39.2 Å². The van der Waals surface area contributed by atoms with Crippen molar-refractivity contribution < 1.29 is 9.53 Å². The summed E-state index contributed by atoms with van der Waals surface area (Å²) in [6, 6.07) is 0.214. The number of rotatable bonds is 4. The topological polar surface area (TPSA) is 41.6 Å². The largest absolute Gasteiger partial charge is 0.379 e. The van der Waals surface area contributed by atoms with E-state index in [0.717, 1.165) is 25.6 Å². The average Bonchev–Trinajstić information content (AvgIpc) is 2.87. The lowest BCUT2D eigenvalue weighted by Gasteiger charge is -2.34. The van der Waals surface area contributed by atoms with Gasteiger partial charge in [0, 0.05) is 19.1 Å². The molecule has 0 bridgehead atoms. The van der Waals surface area contributed by atoms with E-state index in [9.17, 15) is 4.79 Å². The van der Waals surface area contributed by atoms with Crippen LogP contribution >= 0.6 is 0 Å². The van der Waals surface area contributed by atoms with E-state index in [-0.39, 0.29) is 12.0 Å². The number of carbonyl (C=O) groups excluding carboxylic acids is 1. The molecule has 0 radical (unpaired) electrons. The second kappa shape index (κ2) is 6.53. The van der Waals surface area contributed by atoms with Crippen LogP contribution in [0.2, 0.25) is 0 Å². The van der Waals surface area contributed by atoms with Crippen molar-refractivity contribution in [2.75, 3.05) is 32.8 Å². The van der Waals surface area contributed by atoms with Crippen molar-refractivity contribution in [3.05, 3.63) is 0 Å². The molecule has 1 N–H and O–H groups in total. The summed E-state index contributed by atoms with van der Waals surface area (Å²) in [6.45, 7) is 8.36. The van der Waals surface area contributed by atoms with Crippen molar-refractivity contribution in [1.29, 1.82) is 0 Å². The first-order valence-electron chi connectivity index (χ1n) is 7.36. The lowest BCUT2D eigenvalue weighted by atomic mass is 9.93. The minimum absolute atomic E-state index is 0.0307. The molecule has 0 aromatic rings. The van der Waals surface area contributed by atoms with Gasteiger partial charge in [0.1, 0.15) is 0 Å². The first-order chi connectivity index (χ1) is 8.76. The fourth-order valence-corrected chi connectivity index (χ4v) is 3.06. The number of nitrogens with one attached hydrogen (secondary N) is 1. The van der Waals surface area contributed by atoms with Crippen molar-refractivity contribution in [3.63, 3.8) is 0 Å². The van der Waals surface area contributed by atoms with Crippen LogP contribution in [0.4, 0.5) is 0 Å². The Bertz CT molecular complexity index is 275. The molecule has 18 heavy (non-hydrogen) atoms. The van der Waals surface area contributed by atoms with Gasteiger partial charge in [0.2, 0.25) is 5.91 Å². The van der Waals surface area contributed by atoms with E-state index >= 15 is 0 Å². The zero-order valence-corrected chi connectivity index (χ0v) is 11.7. The molecule has 2 unspecified atom stereocenters. The van der Waals surface area contributed by atoms with E-state index in [1.807, 2.05) is 0 Å². The number of piperidine rings is 1. The maximum absolute atomic E-state index is 12.5. The molecule has 0 saturated carbocycles. The first-order valence-corrected chi connectivity index (χ1v) is 7.36. The molecule has 1 amide bonds. The molecule has 4 nitrogen and oxygen atoms in total. The van der Waals surface area contributed by atoms with Gasteiger partial charge >= 0.3 is 0 Å². The van der Waals surface area contributed by atoms with Gasteiger partial charge in [0.05, 0.1) is 19.1 Å². The Hall–Kier alpha value is -0.610. The highest BCUT2D eigenvalue weighted by Crippen LogP contribution is 2.23. The molecule has 2 heterocycles. The molecule has 0 aliphatic carbocycles. The minimum Gasteiger partial charge on any atom is -0.379 e. The molecule has 104 valence electrons. The lowest BCUT2D eigenvalue weighted by molar-refractivity contribution is -0.137. The average molecular weight is 254 g/mol. The van der Waals surface area contributed by atoms with Gasteiger partial charge < -0.3 is 15.0 Å². The van der Waals surface area contributed by atoms with Crippen molar-refractivity contribution in [2.24, 2.45) is 11.8 Å². The highest BCUT2D eigenvalue weighted by molar-refractivity contribution is 5.80. The van der Waals surface area contributed by atoms with Gasteiger partial charge in [0.25, 0.3) is 0 Å². The highest BCUT2D eigenvalue weighted by atomic mass is 16.5. The Labute approximate surface area is 110 Å². The summed E-state index contributed by atoms with van der Waals surface area (Å²) in [5.74, 6) is 1.15. The van der Waals surface area contributed by atoms with Crippen LogP contribution in [0.3, 0.4) is 0 Å². The normalized spacial score (nSPS) is 29.8. The molecule has 2 aliphatic heterocycles. The van der Waals surface area contributed by atoms with Crippen LogP contribution in [0.5, 0.6) is 0 Å². The van der Waals surface area contributed by atoms with Crippen LogP contribution in [0.15, 0.2) is 0 Å². The van der Waals surface area contributed by atoms with Crippen molar-refractivity contribution >= 4 is 5.91 Å². The Morgan fingerprint density at radius 1 is 1.28 bits per heavy atom. The lowest BCUT2D eigenvalue weighted by Crippen LogP contribution is -2.48. The van der Waals surface area contributed by atoms with Gasteiger partial charge in [-0.15, -0.1) is 0 Å². The second-order valence-electron chi connectivity index (χ2n) is 5.49. The molecule has 4 heteroatoms. The van der Waals surface area contributed by atoms with Gasteiger partial charge in [-0.3, -0.25) is 4.79 Å². The van der Waals surface area contributed by atoms with Crippen LogP contribution in [-0.2, 0) is 9.53 Å². The number of likely N-dealkylation sites (N-methyl/N-ethyl adjacent to an activating group) is 1. The Balaban J connectivity index is 1.87. The number of likely N-dealkylation sites (tertiary alicyclic amines) is 1. The van der Waals surface area contributed by atoms with Crippen molar-refractivity contribution in [1.82, 2.24) is 10.2 Å². The molecule has 2 fully saturated rings. The third-order valence-corrected chi connectivity index (χ3v) is 4.37. The summed E-state index contributed by atoms with van der Waals surface area (Å²) >= 11 is 0.